The number of ether oxygens (including phenoxy) is 2. The highest BCUT2D eigenvalue weighted by molar-refractivity contribution is 5.84. The fourth-order valence-corrected chi connectivity index (χ4v) is 6.24. The number of ketones is 1. The molecule has 1 aliphatic carbocycles. The van der Waals surface area contributed by atoms with E-state index in [-0.39, 0.29) is 54.6 Å². The summed E-state index contributed by atoms with van der Waals surface area (Å²) in [4.78, 5) is 28.3. The van der Waals surface area contributed by atoms with E-state index in [0.717, 1.165) is 0 Å². The van der Waals surface area contributed by atoms with Gasteiger partial charge in [-0.1, -0.05) is 60.7 Å². The molecule has 2 unspecified atom stereocenters. The van der Waals surface area contributed by atoms with Crippen LogP contribution >= 0.6 is 0 Å². The molecule has 5 nitrogen and oxygen atoms in total. The lowest BCUT2D eigenvalue weighted by molar-refractivity contribution is -0.130. The average molecular weight is 500 g/mol. The van der Waals surface area contributed by atoms with Crippen molar-refractivity contribution in [1.82, 2.24) is 4.90 Å². The number of nitrogens with zero attached hydrogens (tertiary/aromatic N) is 1. The summed E-state index contributed by atoms with van der Waals surface area (Å²) in [5, 5.41) is 0. The van der Waals surface area contributed by atoms with E-state index in [2.05, 4.69) is 24.3 Å². The smallest absolute Gasteiger partial charge is 0.410 e. The number of hydrogen-bond acceptors (Lipinski definition) is 4. The van der Waals surface area contributed by atoms with Gasteiger partial charge in [-0.25, -0.2) is 9.18 Å². The van der Waals surface area contributed by atoms with E-state index in [9.17, 15) is 14.0 Å². The van der Waals surface area contributed by atoms with Crippen molar-refractivity contribution in [3.8, 4) is 11.1 Å². The minimum absolute atomic E-state index is 0.00135. The minimum Gasteiger partial charge on any atom is -0.448 e. The highest BCUT2D eigenvalue weighted by Gasteiger charge is 2.44. The maximum Gasteiger partial charge on any atom is 0.410 e. The predicted octanol–water partition coefficient (Wildman–Crippen LogP) is 5.67. The van der Waals surface area contributed by atoms with Crippen LogP contribution in [0, 0.1) is 18.7 Å². The molecule has 0 aromatic heterocycles. The number of carbonyl (C=O) groups excluding carboxylic acids is 2. The van der Waals surface area contributed by atoms with Crippen molar-refractivity contribution >= 4 is 11.9 Å². The molecule has 37 heavy (non-hydrogen) atoms. The zero-order valence-corrected chi connectivity index (χ0v) is 20.9. The van der Waals surface area contributed by atoms with E-state index < -0.39 is 0 Å². The van der Waals surface area contributed by atoms with Crippen LogP contribution in [-0.2, 0) is 20.7 Å². The second kappa shape index (κ2) is 9.75. The first-order valence-corrected chi connectivity index (χ1v) is 13.0. The Kier molecular flexibility index (Phi) is 6.29. The summed E-state index contributed by atoms with van der Waals surface area (Å²) in [6, 6.07) is 21.1. The van der Waals surface area contributed by atoms with Crippen molar-refractivity contribution in [3.05, 3.63) is 94.8 Å². The number of Topliss-reactive ketones (excluding diaryl/α,β-unsaturated/α-hetero) is 1. The lowest BCUT2D eigenvalue weighted by Gasteiger charge is -2.47. The van der Waals surface area contributed by atoms with E-state index in [1.807, 2.05) is 30.3 Å². The van der Waals surface area contributed by atoms with Gasteiger partial charge in [-0.15, -0.1) is 0 Å². The van der Waals surface area contributed by atoms with Crippen molar-refractivity contribution in [2.24, 2.45) is 5.92 Å². The molecule has 2 bridgehead atoms. The Morgan fingerprint density at radius 2 is 1.57 bits per heavy atom. The van der Waals surface area contributed by atoms with Crippen LogP contribution in [0.15, 0.2) is 66.7 Å². The molecule has 0 radical (unpaired) electrons. The Hall–Kier alpha value is -3.51. The lowest BCUT2D eigenvalue weighted by Crippen LogP contribution is -2.60. The quantitative estimate of drug-likeness (QED) is 0.454. The van der Waals surface area contributed by atoms with Crippen molar-refractivity contribution in [2.45, 2.75) is 44.2 Å². The van der Waals surface area contributed by atoms with Gasteiger partial charge in [-0.2, -0.15) is 0 Å². The Labute approximate surface area is 216 Å². The maximum atomic E-state index is 14.0. The molecule has 2 saturated heterocycles. The third-order valence-corrected chi connectivity index (χ3v) is 8.14. The average Bonchev–Trinajstić information content (AvgIpc) is 3.22. The number of hydrogen-bond donors (Lipinski definition) is 0. The first-order chi connectivity index (χ1) is 18.0. The Balaban J connectivity index is 1.13. The van der Waals surface area contributed by atoms with Gasteiger partial charge in [0.2, 0.25) is 0 Å². The summed E-state index contributed by atoms with van der Waals surface area (Å²) < 4.78 is 25.7. The van der Waals surface area contributed by atoms with Gasteiger partial charge in [-0.05, 0) is 59.2 Å². The Bertz CT molecular complexity index is 1300. The molecule has 190 valence electrons. The molecule has 1 amide bonds. The Morgan fingerprint density at radius 3 is 2.19 bits per heavy atom. The second-order valence-electron chi connectivity index (χ2n) is 10.5. The monoisotopic (exact) mass is 499 g/mol. The highest BCUT2D eigenvalue weighted by atomic mass is 19.1. The lowest BCUT2D eigenvalue weighted by atomic mass is 9.81. The second-order valence-corrected chi connectivity index (χ2v) is 10.5. The van der Waals surface area contributed by atoms with Gasteiger partial charge in [0.25, 0.3) is 0 Å². The predicted molar refractivity (Wildman–Crippen MR) is 138 cm³/mol. The van der Waals surface area contributed by atoms with Gasteiger partial charge in [0.05, 0.1) is 25.3 Å². The molecular formula is C31H30FNO4. The van der Waals surface area contributed by atoms with Gasteiger partial charge in [-0.3, -0.25) is 9.69 Å². The molecule has 2 aliphatic heterocycles. The number of amides is 1. The van der Waals surface area contributed by atoms with Gasteiger partial charge in [0, 0.05) is 18.3 Å². The van der Waals surface area contributed by atoms with Crippen molar-refractivity contribution in [2.75, 3.05) is 19.8 Å². The SMILES string of the molecule is Cc1ccc(CC(=O)C2CC3COCC(C2)N3C(=O)OCC2c3ccccc3-c3ccccc32)cc1F. The number of rotatable bonds is 5. The first kappa shape index (κ1) is 23.9. The molecule has 0 saturated carbocycles. The van der Waals surface area contributed by atoms with E-state index in [0.29, 0.717) is 37.2 Å². The molecule has 6 heteroatoms. The third kappa shape index (κ3) is 4.44. The van der Waals surface area contributed by atoms with Crippen molar-refractivity contribution in [3.63, 3.8) is 0 Å². The molecule has 2 fully saturated rings. The molecular weight excluding hydrogens is 469 g/mol. The number of benzene rings is 3. The highest BCUT2D eigenvalue weighted by Crippen LogP contribution is 2.44. The summed E-state index contributed by atoms with van der Waals surface area (Å²) in [5.74, 6) is -0.379. The normalized spacial score (nSPS) is 22.3. The summed E-state index contributed by atoms with van der Waals surface area (Å²) in [6.45, 7) is 2.76. The van der Waals surface area contributed by atoms with Gasteiger partial charge < -0.3 is 9.47 Å². The third-order valence-electron chi connectivity index (χ3n) is 8.14. The van der Waals surface area contributed by atoms with Crippen LogP contribution < -0.4 is 0 Å². The number of piperidine rings is 1. The van der Waals surface area contributed by atoms with Crippen LogP contribution in [0.4, 0.5) is 9.18 Å². The van der Waals surface area contributed by atoms with Crippen LogP contribution in [0.2, 0.25) is 0 Å². The minimum atomic E-state index is -0.341. The van der Waals surface area contributed by atoms with E-state index in [4.69, 9.17) is 9.47 Å². The van der Waals surface area contributed by atoms with Crippen LogP contribution in [0.25, 0.3) is 11.1 Å². The number of fused-ring (bicyclic) bond motifs is 5. The van der Waals surface area contributed by atoms with E-state index in [1.54, 1.807) is 17.9 Å². The first-order valence-electron chi connectivity index (χ1n) is 13.0. The molecule has 2 atom stereocenters. The van der Waals surface area contributed by atoms with Crippen molar-refractivity contribution in [1.29, 1.82) is 0 Å². The largest absolute Gasteiger partial charge is 0.448 e. The zero-order valence-electron chi connectivity index (χ0n) is 20.9. The molecule has 0 spiro atoms. The maximum absolute atomic E-state index is 14.0. The molecule has 0 N–H and O–H groups in total. The van der Waals surface area contributed by atoms with Crippen molar-refractivity contribution < 1.29 is 23.5 Å². The fraction of sp³-hybridized carbons (Fsp3) is 0.355. The van der Waals surface area contributed by atoms with Crippen LogP contribution in [0.1, 0.15) is 41.0 Å². The summed E-state index contributed by atoms with van der Waals surface area (Å²) in [5.41, 5.74) is 6.00. The van der Waals surface area contributed by atoms with Crippen LogP contribution in [-0.4, -0.2) is 48.7 Å². The van der Waals surface area contributed by atoms with Crippen LogP contribution in [0.5, 0.6) is 0 Å². The molecule has 2 heterocycles. The summed E-state index contributed by atoms with van der Waals surface area (Å²) in [7, 11) is 0. The molecule has 6 rings (SSSR count). The topological polar surface area (TPSA) is 55.8 Å². The van der Waals surface area contributed by atoms with Gasteiger partial charge >= 0.3 is 6.09 Å². The summed E-state index contributed by atoms with van der Waals surface area (Å²) in [6.07, 6.45) is 0.932. The van der Waals surface area contributed by atoms with Crippen LogP contribution in [0.3, 0.4) is 0 Å². The van der Waals surface area contributed by atoms with E-state index in [1.165, 1.54) is 28.3 Å². The number of morpholine rings is 1. The summed E-state index contributed by atoms with van der Waals surface area (Å²) >= 11 is 0. The number of halogens is 1. The zero-order chi connectivity index (χ0) is 25.5. The standard InChI is InChI=1S/C31H30FNO4/c1-19-10-11-20(12-29(19)32)13-30(34)21-14-22-16-36-17-23(15-21)33(22)31(35)37-18-28-26-8-4-2-6-24(26)25-7-3-5-9-27(25)28/h2-12,21-23,28H,13-18H2,1H3. The molecule has 3 aromatic rings. The Morgan fingerprint density at radius 1 is 0.946 bits per heavy atom. The van der Waals surface area contributed by atoms with Gasteiger partial charge in [0.1, 0.15) is 18.2 Å². The molecule has 3 aromatic carbocycles. The van der Waals surface area contributed by atoms with Gasteiger partial charge in [0.15, 0.2) is 0 Å². The number of carbonyl (C=O) groups is 2. The van der Waals surface area contributed by atoms with E-state index >= 15 is 0 Å². The number of aryl methyl sites for hydroxylation is 1. The fourth-order valence-electron chi connectivity index (χ4n) is 6.24. The molecule has 3 aliphatic rings.